The van der Waals surface area contributed by atoms with E-state index in [-0.39, 0.29) is 11.4 Å². The fourth-order valence-corrected chi connectivity index (χ4v) is 1.75. The van der Waals surface area contributed by atoms with Gasteiger partial charge in [0.25, 0.3) is 5.91 Å². The Morgan fingerprint density at radius 1 is 1.30 bits per heavy atom. The molecule has 20 heavy (non-hydrogen) atoms. The average Bonchev–Trinajstić information content (AvgIpc) is 2.38. The largest absolute Gasteiger partial charge is 0.385 e. The minimum atomic E-state index is -0.0611. The highest BCUT2D eigenvalue weighted by Gasteiger charge is 2.21. The maximum absolute atomic E-state index is 12.2. The maximum atomic E-state index is 12.2. The van der Waals surface area contributed by atoms with Crippen LogP contribution in [0.5, 0.6) is 0 Å². The third-order valence-electron chi connectivity index (χ3n) is 3.75. The van der Waals surface area contributed by atoms with E-state index in [0.29, 0.717) is 12.1 Å². The van der Waals surface area contributed by atoms with Crippen molar-refractivity contribution in [3.8, 4) is 0 Å². The predicted molar refractivity (Wildman–Crippen MR) is 85.4 cm³/mol. The van der Waals surface area contributed by atoms with E-state index in [1.807, 2.05) is 39.2 Å². The van der Waals surface area contributed by atoms with Crippen molar-refractivity contribution < 1.29 is 4.79 Å². The summed E-state index contributed by atoms with van der Waals surface area (Å²) in [4.78, 5) is 14.3. The summed E-state index contributed by atoms with van der Waals surface area (Å²) in [7, 11) is 4.03. The van der Waals surface area contributed by atoms with E-state index < -0.39 is 0 Å². The van der Waals surface area contributed by atoms with Crippen molar-refractivity contribution in [1.29, 1.82) is 0 Å². The lowest BCUT2D eigenvalue weighted by Crippen LogP contribution is -2.48. The molecule has 0 aliphatic rings. The Balaban J connectivity index is 2.71. The molecule has 1 aromatic carbocycles. The Hall–Kier alpha value is -1.55. The molecule has 2 N–H and O–H groups in total. The van der Waals surface area contributed by atoms with Crippen LogP contribution in [0, 0.1) is 6.92 Å². The highest BCUT2D eigenvalue weighted by molar-refractivity contribution is 5.94. The third kappa shape index (κ3) is 4.23. The van der Waals surface area contributed by atoms with E-state index in [2.05, 4.69) is 36.3 Å². The SMILES string of the molecule is CCNc1ccc(C(=O)NCC(C)(C)N(C)C)cc1C. The van der Waals surface area contributed by atoms with Crippen LogP contribution in [0.3, 0.4) is 0 Å². The Morgan fingerprint density at radius 2 is 1.95 bits per heavy atom. The van der Waals surface area contributed by atoms with Gasteiger partial charge in [0.2, 0.25) is 0 Å². The summed E-state index contributed by atoms with van der Waals surface area (Å²) < 4.78 is 0. The Bertz CT molecular complexity index is 467. The minimum Gasteiger partial charge on any atom is -0.385 e. The molecule has 0 bridgehead atoms. The first-order valence-electron chi connectivity index (χ1n) is 7.08. The highest BCUT2D eigenvalue weighted by Crippen LogP contribution is 2.16. The molecular weight excluding hydrogens is 250 g/mol. The number of benzene rings is 1. The smallest absolute Gasteiger partial charge is 0.251 e. The van der Waals surface area contributed by atoms with Gasteiger partial charge in [0.15, 0.2) is 0 Å². The Kier molecular flexibility index (Phi) is 5.57. The van der Waals surface area contributed by atoms with Crippen LogP contribution in [0.1, 0.15) is 36.7 Å². The van der Waals surface area contributed by atoms with Crippen LogP contribution >= 0.6 is 0 Å². The second kappa shape index (κ2) is 6.75. The van der Waals surface area contributed by atoms with Crippen LogP contribution < -0.4 is 10.6 Å². The second-order valence-corrected chi connectivity index (χ2v) is 5.95. The summed E-state index contributed by atoms with van der Waals surface area (Å²) in [6, 6.07) is 5.75. The van der Waals surface area contributed by atoms with Gasteiger partial charge in [-0.1, -0.05) is 0 Å². The summed E-state index contributed by atoms with van der Waals surface area (Å²) in [5, 5.41) is 6.27. The van der Waals surface area contributed by atoms with Gasteiger partial charge in [-0.15, -0.1) is 0 Å². The fourth-order valence-electron chi connectivity index (χ4n) is 1.75. The van der Waals surface area contributed by atoms with E-state index in [9.17, 15) is 4.79 Å². The van der Waals surface area contributed by atoms with Crippen LogP contribution in [0.15, 0.2) is 18.2 Å². The molecule has 1 aromatic rings. The molecule has 0 aromatic heterocycles. The summed E-state index contributed by atoms with van der Waals surface area (Å²) in [6.07, 6.45) is 0. The number of amides is 1. The van der Waals surface area contributed by atoms with Gasteiger partial charge in [-0.2, -0.15) is 0 Å². The van der Waals surface area contributed by atoms with Gasteiger partial charge in [0, 0.05) is 29.9 Å². The molecule has 4 heteroatoms. The molecule has 0 fully saturated rings. The Morgan fingerprint density at radius 3 is 2.45 bits per heavy atom. The zero-order valence-corrected chi connectivity index (χ0v) is 13.5. The molecular formula is C16H27N3O. The molecule has 0 aliphatic carbocycles. The molecule has 0 radical (unpaired) electrons. The lowest BCUT2D eigenvalue weighted by atomic mass is 10.0. The average molecular weight is 277 g/mol. The van der Waals surface area contributed by atoms with Gasteiger partial charge in [-0.05, 0) is 65.6 Å². The quantitative estimate of drug-likeness (QED) is 0.839. The molecule has 0 heterocycles. The molecule has 0 aliphatic heterocycles. The molecule has 112 valence electrons. The number of hydrogen-bond acceptors (Lipinski definition) is 3. The van der Waals surface area contributed by atoms with Crippen molar-refractivity contribution in [2.24, 2.45) is 0 Å². The van der Waals surface area contributed by atoms with Crippen molar-refractivity contribution in [3.05, 3.63) is 29.3 Å². The number of hydrogen-bond donors (Lipinski definition) is 2. The highest BCUT2D eigenvalue weighted by atomic mass is 16.1. The predicted octanol–water partition coefficient (Wildman–Crippen LogP) is 2.50. The number of nitrogens with zero attached hydrogens (tertiary/aromatic N) is 1. The zero-order valence-electron chi connectivity index (χ0n) is 13.5. The second-order valence-electron chi connectivity index (χ2n) is 5.95. The van der Waals surface area contributed by atoms with Crippen LogP contribution in [-0.4, -0.2) is 43.5 Å². The number of rotatable bonds is 6. The van der Waals surface area contributed by atoms with Gasteiger partial charge >= 0.3 is 0 Å². The first-order valence-corrected chi connectivity index (χ1v) is 7.08. The van der Waals surface area contributed by atoms with Gasteiger partial charge in [0.1, 0.15) is 0 Å². The third-order valence-corrected chi connectivity index (χ3v) is 3.75. The maximum Gasteiger partial charge on any atom is 0.251 e. The van der Waals surface area contributed by atoms with Crippen molar-refractivity contribution in [2.45, 2.75) is 33.2 Å². The number of nitrogens with one attached hydrogen (secondary N) is 2. The van der Waals surface area contributed by atoms with E-state index in [1.54, 1.807) is 0 Å². The molecule has 0 saturated heterocycles. The van der Waals surface area contributed by atoms with Crippen molar-refractivity contribution in [3.63, 3.8) is 0 Å². The standard InChI is InChI=1S/C16H27N3O/c1-7-17-14-9-8-13(10-12(14)2)15(20)18-11-16(3,4)19(5)6/h8-10,17H,7,11H2,1-6H3,(H,18,20). The van der Waals surface area contributed by atoms with Crippen molar-refractivity contribution in [1.82, 2.24) is 10.2 Å². The molecule has 1 rings (SSSR count). The Labute approximate surface area is 122 Å². The number of anilines is 1. The number of carbonyl (C=O) groups is 1. The van der Waals surface area contributed by atoms with E-state index in [0.717, 1.165) is 17.8 Å². The van der Waals surface area contributed by atoms with E-state index >= 15 is 0 Å². The summed E-state index contributed by atoms with van der Waals surface area (Å²) in [5.41, 5.74) is 2.82. The molecule has 4 nitrogen and oxygen atoms in total. The summed E-state index contributed by atoms with van der Waals surface area (Å²) in [5.74, 6) is -0.0222. The lowest BCUT2D eigenvalue weighted by Gasteiger charge is -2.32. The van der Waals surface area contributed by atoms with E-state index in [4.69, 9.17) is 0 Å². The minimum absolute atomic E-state index is 0.0222. The van der Waals surface area contributed by atoms with Gasteiger partial charge < -0.3 is 15.5 Å². The normalized spacial score (nSPS) is 11.6. The van der Waals surface area contributed by atoms with Crippen molar-refractivity contribution in [2.75, 3.05) is 32.5 Å². The molecule has 0 saturated carbocycles. The van der Waals surface area contributed by atoms with Gasteiger partial charge in [-0.25, -0.2) is 0 Å². The first kappa shape index (κ1) is 16.5. The van der Waals surface area contributed by atoms with Crippen LogP contribution in [0.25, 0.3) is 0 Å². The van der Waals surface area contributed by atoms with Crippen LogP contribution in [0.2, 0.25) is 0 Å². The van der Waals surface area contributed by atoms with Crippen LogP contribution in [0.4, 0.5) is 5.69 Å². The number of aryl methyl sites for hydroxylation is 1. The molecule has 0 spiro atoms. The molecule has 1 amide bonds. The van der Waals surface area contributed by atoms with Crippen molar-refractivity contribution >= 4 is 11.6 Å². The zero-order chi connectivity index (χ0) is 15.3. The first-order chi connectivity index (χ1) is 9.27. The van der Waals surface area contributed by atoms with Gasteiger partial charge in [-0.3, -0.25) is 4.79 Å². The fraction of sp³-hybridized carbons (Fsp3) is 0.562. The summed E-state index contributed by atoms with van der Waals surface area (Å²) >= 11 is 0. The van der Waals surface area contributed by atoms with E-state index in [1.165, 1.54) is 0 Å². The lowest BCUT2D eigenvalue weighted by molar-refractivity contribution is 0.0919. The van der Waals surface area contributed by atoms with Crippen LogP contribution in [-0.2, 0) is 0 Å². The van der Waals surface area contributed by atoms with Gasteiger partial charge in [0.05, 0.1) is 0 Å². The topological polar surface area (TPSA) is 44.4 Å². The number of likely N-dealkylation sites (N-methyl/N-ethyl adjacent to an activating group) is 1. The molecule has 0 atom stereocenters. The number of carbonyl (C=O) groups excluding carboxylic acids is 1. The summed E-state index contributed by atoms with van der Waals surface area (Å²) in [6.45, 7) is 9.78. The molecule has 0 unspecified atom stereocenters. The monoisotopic (exact) mass is 277 g/mol.